The van der Waals surface area contributed by atoms with Crippen LogP contribution in [0, 0.1) is 0 Å². The van der Waals surface area contributed by atoms with E-state index in [1.807, 2.05) is 38.1 Å². The number of benzene rings is 1. The molecule has 0 aliphatic heterocycles. The van der Waals surface area contributed by atoms with Gasteiger partial charge in [0.2, 0.25) is 11.7 Å². The summed E-state index contributed by atoms with van der Waals surface area (Å²) < 4.78 is 10.6. The Labute approximate surface area is 106 Å². The summed E-state index contributed by atoms with van der Waals surface area (Å²) in [5.41, 5.74) is 6.70. The second-order valence-corrected chi connectivity index (χ2v) is 3.93. The monoisotopic (exact) mass is 247 g/mol. The third kappa shape index (κ3) is 2.68. The molecule has 0 aliphatic carbocycles. The summed E-state index contributed by atoms with van der Waals surface area (Å²) in [7, 11) is 0. The predicted octanol–water partition coefficient (Wildman–Crippen LogP) is 2.55. The molecule has 5 nitrogen and oxygen atoms in total. The largest absolute Gasteiger partial charge is 0.494 e. The lowest BCUT2D eigenvalue weighted by atomic mass is 10.2. The van der Waals surface area contributed by atoms with E-state index in [2.05, 4.69) is 10.1 Å². The maximum Gasteiger partial charge on any atom is 0.243 e. The fourth-order valence-electron chi connectivity index (χ4n) is 1.57. The average Bonchev–Trinajstić information content (AvgIpc) is 2.88. The summed E-state index contributed by atoms with van der Waals surface area (Å²) in [6.07, 6.45) is 0.765. The predicted molar refractivity (Wildman–Crippen MR) is 68.1 cm³/mol. The number of hydrogen-bond donors (Lipinski definition) is 1. The summed E-state index contributed by atoms with van der Waals surface area (Å²) in [4.78, 5) is 4.29. The van der Waals surface area contributed by atoms with Gasteiger partial charge in [0.05, 0.1) is 12.6 Å². The Bertz CT molecular complexity index is 510. The Morgan fingerprint density at radius 3 is 2.94 bits per heavy atom. The maximum atomic E-state index is 5.84. The van der Waals surface area contributed by atoms with E-state index in [1.165, 1.54) is 0 Å². The van der Waals surface area contributed by atoms with Gasteiger partial charge in [-0.3, -0.25) is 0 Å². The van der Waals surface area contributed by atoms with E-state index >= 15 is 0 Å². The zero-order valence-electron chi connectivity index (χ0n) is 10.6. The van der Waals surface area contributed by atoms with Gasteiger partial charge in [0.1, 0.15) is 5.75 Å². The fourth-order valence-corrected chi connectivity index (χ4v) is 1.57. The molecule has 0 bridgehead atoms. The van der Waals surface area contributed by atoms with Crippen molar-refractivity contribution in [3.8, 4) is 17.1 Å². The van der Waals surface area contributed by atoms with Gasteiger partial charge in [-0.25, -0.2) is 0 Å². The Kier molecular flexibility index (Phi) is 3.94. The Hall–Kier alpha value is -1.88. The van der Waals surface area contributed by atoms with Crippen LogP contribution in [-0.2, 0) is 0 Å². The third-order valence-electron chi connectivity index (χ3n) is 2.60. The van der Waals surface area contributed by atoms with Crippen molar-refractivity contribution in [2.75, 3.05) is 6.61 Å². The molecule has 1 aromatic heterocycles. The second-order valence-electron chi connectivity index (χ2n) is 3.93. The highest BCUT2D eigenvalue weighted by Crippen LogP contribution is 2.23. The zero-order valence-corrected chi connectivity index (χ0v) is 10.6. The molecule has 0 saturated heterocycles. The van der Waals surface area contributed by atoms with E-state index in [0.717, 1.165) is 17.7 Å². The first-order valence-electron chi connectivity index (χ1n) is 6.07. The number of aromatic nitrogens is 2. The molecule has 0 unspecified atom stereocenters. The Morgan fingerprint density at radius 2 is 2.22 bits per heavy atom. The topological polar surface area (TPSA) is 74.2 Å². The molecule has 96 valence electrons. The van der Waals surface area contributed by atoms with Crippen molar-refractivity contribution < 1.29 is 9.26 Å². The average molecular weight is 247 g/mol. The standard InChI is InChI=1S/C13H17N3O2/c1-3-11(14)13-15-12(16-18-13)9-6-5-7-10(8-9)17-4-2/h5-8,11H,3-4,14H2,1-2H3/t11-/m0/s1. The number of nitrogens with two attached hydrogens (primary N) is 1. The molecule has 18 heavy (non-hydrogen) atoms. The summed E-state index contributed by atoms with van der Waals surface area (Å²) in [5.74, 6) is 1.80. The molecule has 5 heteroatoms. The van der Waals surface area contributed by atoms with Gasteiger partial charge in [-0.05, 0) is 25.5 Å². The van der Waals surface area contributed by atoms with Crippen LogP contribution in [0.5, 0.6) is 5.75 Å². The van der Waals surface area contributed by atoms with Crippen LogP contribution < -0.4 is 10.5 Å². The van der Waals surface area contributed by atoms with E-state index in [0.29, 0.717) is 18.3 Å². The molecule has 2 aromatic rings. The summed E-state index contributed by atoms with van der Waals surface area (Å²) in [6, 6.07) is 7.38. The van der Waals surface area contributed by atoms with Crippen molar-refractivity contribution >= 4 is 0 Å². The maximum absolute atomic E-state index is 5.84. The zero-order chi connectivity index (χ0) is 13.0. The highest BCUT2D eigenvalue weighted by molar-refractivity contribution is 5.56. The molecule has 2 rings (SSSR count). The van der Waals surface area contributed by atoms with Crippen LogP contribution in [0.4, 0.5) is 0 Å². The van der Waals surface area contributed by atoms with Gasteiger partial charge in [-0.1, -0.05) is 24.2 Å². The van der Waals surface area contributed by atoms with E-state index in [-0.39, 0.29) is 6.04 Å². The van der Waals surface area contributed by atoms with Crippen LogP contribution in [0.15, 0.2) is 28.8 Å². The first kappa shape index (κ1) is 12.6. The molecule has 0 fully saturated rings. The van der Waals surface area contributed by atoms with E-state index in [4.69, 9.17) is 15.0 Å². The van der Waals surface area contributed by atoms with Crippen LogP contribution >= 0.6 is 0 Å². The summed E-state index contributed by atoms with van der Waals surface area (Å²) >= 11 is 0. The van der Waals surface area contributed by atoms with Crippen LogP contribution in [0.25, 0.3) is 11.4 Å². The van der Waals surface area contributed by atoms with Crippen LogP contribution in [0.1, 0.15) is 32.2 Å². The van der Waals surface area contributed by atoms with Crippen molar-refractivity contribution in [2.45, 2.75) is 26.3 Å². The first-order chi connectivity index (χ1) is 8.74. The minimum Gasteiger partial charge on any atom is -0.494 e. The molecule has 0 spiro atoms. The van der Waals surface area contributed by atoms with Crippen molar-refractivity contribution in [1.29, 1.82) is 0 Å². The Balaban J connectivity index is 2.25. The molecule has 2 N–H and O–H groups in total. The lowest BCUT2D eigenvalue weighted by Gasteiger charge is -2.03. The van der Waals surface area contributed by atoms with Gasteiger partial charge < -0.3 is 15.0 Å². The van der Waals surface area contributed by atoms with Gasteiger partial charge in [-0.15, -0.1) is 0 Å². The SMILES string of the molecule is CCOc1cccc(-c2noc([C@@H](N)CC)n2)c1. The smallest absolute Gasteiger partial charge is 0.243 e. The van der Waals surface area contributed by atoms with Crippen molar-refractivity contribution in [1.82, 2.24) is 10.1 Å². The van der Waals surface area contributed by atoms with E-state index < -0.39 is 0 Å². The van der Waals surface area contributed by atoms with Gasteiger partial charge in [0.15, 0.2) is 0 Å². The molecule has 1 aromatic carbocycles. The van der Waals surface area contributed by atoms with Crippen LogP contribution in [0.2, 0.25) is 0 Å². The molecule has 0 radical (unpaired) electrons. The van der Waals surface area contributed by atoms with Gasteiger partial charge in [0, 0.05) is 5.56 Å². The molecule has 0 amide bonds. The number of nitrogens with zero attached hydrogens (tertiary/aromatic N) is 2. The quantitative estimate of drug-likeness (QED) is 0.878. The second kappa shape index (κ2) is 5.64. The molecular formula is C13H17N3O2. The molecule has 1 atom stereocenters. The number of hydrogen-bond acceptors (Lipinski definition) is 5. The minimum atomic E-state index is -0.207. The van der Waals surface area contributed by atoms with E-state index in [1.54, 1.807) is 0 Å². The lowest BCUT2D eigenvalue weighted by Crippen LogP contribution is -2.08. The van der Waals surface area contributed by atoms with Crippen molar-refractivity contribution in [3.05, 3.63) is 30.2 Å². The molecule has 0 aliphatic rings. The van der Waals surface area contributed by atoms with Crippen LogP contribution in [0.3, 0.4) is 0 Å². The normalized spacial score (nSPS) is 12.4. The van der Waals surface area contributed by atoms with Crippen molar-refractivity contribution in [2.24, 2.45) is 5.73 Å². The highest BCUT2D eigenvalue weighted by atomic mass is 16.5. The van der Waals surface area contributed by atoms with Gasteiger partial charge >= 0.3 is 0 Å². The van der Waals surface area contributed by atoms with Crippen LogP contribution in [-0.4, -0.2) is 16.7 Å². The number of rotatable bonds is 5. The fraction of sp³-hybridized carbons (Fsp3) is 0.385. The lowest BCUT2D eigenvalue weighted by molar-refractivity contribution is 0.340. The molecule has 1 heterocycles. The summed E-state index contributed by atoms with van der Waals surface area (Å²) in [5, 5.41) is 3.94. The minimum absolute atomic E-state index is 0.207. The van der Waals surface area contributed by atoms with Crippen molar-refractivity contribution in [3.63, 3.8) is 0 Å². The van der Waals surface area contributed by atoms with Gasteiger partial charge in [-0.2, -0.15) is 4.98 Å². The summed E-state index contributed by atoms with van der Waals surface area (Å²) in [6.45, 7) is 4.55. The number of ether oxygens (including phenoxy) is 1. The molecular weight excluding hydrogens is 230 g/mol. The van der Waals surface area contributed by atoms with Gasteiger partial charge in [0.25, 0.3) is 0 Å². The Morgan fingerprint density at radius 1 is 1.39 bits per heavy atom. The third-order valence-corrected chi connectivity index (χ3v) is 2.60. The molecule has 0 saturated carbocycles. The van der Waals surface area contributed by atoms with E-state index in [9.17, 15) is 0 Å². The highest BCUT2D eigenvalue weighted by Gasteiger charge is 2.14. The first-order valence-corrected chi connectivity index (χ1v) is 6.07.